The summed E-state index contributed by atoms with van der Waals surface area (Å²) in [5, 5.41) is 2.77. The maximum atomic E-state index is 13.5. The number of carbonyl (C=O) groups excluding carboxylic acids is 1. The highest BCUT2D eigenvalue weighted by molar-refractivity contribution is 5.94. The van der Waals surface area contributed by atoms with Gasteiger partial charge in [-0.1, -0.05) is 18.2 Å². The minimum absolute atomic E-state index is 0. The predicted octanol–water partition coefficient (Wildman–Crippen LogP) is 4.11. The van der Waals surface area contributed by atoms with Crippen LogP contribution in [0.15, 0.2) is 48.5 Å². The minimum atomic E-state index is -0.427. The fourth-order valence-corrected chi connectivity index (χ4v) is 2.79. The number of hydrogen-bond donors (Lipinski definition) is 2. The van der Waals surface area contributed by atoms with Crippen molar-refractivity contribution in [2.45, 2.75) is 25.3 Å². The molecular weight excluding hydrogens is 331 g/mol. The molecule has 4 nitrogen and oxygen atoms in total. The van der Waals surface area contributed by atoms with Crippen molar-refractivity contribution in [3.05, 3.63) is 54.3 Å². The minimum Gasteiger partial charge on any atom is -0.455 e. The van der Waals surface area contributed by atoms with Crippen LogP contribution in [-0.2, 0) is 4.79 Å². The van der Waals surface area contributed by atoms with E-state index in [-0.39, 0.29) is 30.3 Å². The van der Waals surface area contributed by atoms with Gasteiger partial charge in [0.1, 0.15) is 11.6 Å². The summed E-state index contributed by atoms with van der Waals surface area (Å²) in [4.78, 5) is 12.3. The second-order valence-corrected chi connectivity index (χ2v) is 5.81. The van der Waals surface area contributed by atoms with E-state index in [1.807, 2.05) is 18.2 Å². The van der Waals surface area contributed by atoms with Crippen LogP contribution < -0.4 is 15.8 Å². The molecule has 128 valence electrons. The molecule has 0 aromatic heterocycles. The fraction of sp³-hybridized carbons (Fsp3) is 0.278. The number of carbonyl (C=O) groups is 1. The first-order valence-electron chi connectivity index (χ1n) is 7.71. The van der Waals surface area contributed by atoms with Crippen molar-refractivity contribution >= 4 is 24.0 Å². The van der Waals surface area contributed by atoms with Crippen molar-refractivity contribution in [1.29, 1.82) is 0 Å². The third-order valence-electron chi connectivity index (χ3n) is 4.01. The van der Waals surface area contributed by atoms with Gasteiger partial charge in [0.15, 0.2) is 5.75 Å². The van der Waals surface area contributed by atoms with E-state index >= 15 is 0 Å². The van der Waals surface area contributed by atoms with Crippen molar-refractivity contribution in [2.24, 2.45) is 11.7 Å². The van der Waals surface area contributed by atoms with E-state index in [0.29, 0.717) is 23.6 Å². The molecule has 0 spiro atoms. The third kappa shape index (κ3) is 4.46. The second-order valence-electron chi connectivity index (χ2n) is 5.81. The van der Waals surface area contributed by atoms with Gasteiger partial charge in [-0.3, -0.25) is 4.79 Å². The Hall–Kier alpha value is -2.11. The highest BCUT2D eigenvalue weighted by Crippen LogP contribution is 2.32. The highest BCUT2D eigenvalue weighted by atomic mass is 35.5. The lowest BCUT2D eigenvalue weighted by Crippen LogP contribution is -2.23. The smallest absolute Gasteiger partial charge is 0.227 e. The van der Waals surface area contributed by atoms with Gasteiger partial charge < -0.3 is 15.8 Å². The van der Waals surface area contributed by atoms with Crippen LogP contribution in [0.1, 0.15) is 19.3 Å². The van der Waals surface area contributed by atoms with Crippen LogP contribution >= 0.6 is 12.4 Å². The molecule has 1 fully saturated rings. The SMILES string of the molecule is Cl.NC1CCC(C(=O)Nc2cc(F)ccc2Oc2ccccc2)C1. The number of para-hydroxylation sites is 1. The standard InChI is InChI=1S/C18H19FN2O2.ClH/c19-13-7-9-17(23-15-4-2-1-3-5-15)16(11-13)21-18(22)12-6-8-14(20)10-12;/h1-5,7,9,11-12,14H,6,8,10,20H2,(H,21,22);1H. The summed E-state index contributed by atoms with van der Waals surface area (Å²) < 4.78 is 19.3. The Bertz CT molecular complexity index is 697. The van der Waals surface area contributed by atoms with Gasteiger partial charge in [-0.2, -0.15) is 0 Å². The van der Waals surface area contributed by atoms with E-state index in [1.165, 1.54) is 18.2 Å². The molecule has 0 heterocycles. The quantitative estimate of drug-likeness (QED) is 0.872. The van der Waals surface area contributed by atoms with Gasteiger partial charge in [0.25, 0.3) is 0 Å². The van der Waals surface area contributed by atoms with Crippen LogP contribution in [-0.4, -0.2) is 11.9 Å². The number of nitrogens with two attached hydrogens (primary N) is 1. The molecule has 1 aliphatic rings. The molecule has 2 unspecified atom stereocenters. The van der Waals surface area contributed by atoms with Crippen molar-refractivity contribution in [3.8, 4) is 11.5 Å². The van der Waals surface area contributed by atoms with E-state index in [1.54, 1.807) is 12.1 Å². The summed E-state index contributed by atoms with van der Waals surface area (Å²) in [6.45, 7) is 0. The molecule has 2 aromatic carbocycles. The first-order valence-corrected chi connectivity index (χ1v) is 7.71. The van der Waals surface area contributed by atoms with Gasteiger partial charge in [0.05, 0.1) is 5.69 Å². The molecule has 3 N–H and O–H groups in total. The van der Waals surface area contributed by atoms with Gasteiger partial charge in [-0.05, 0) is 43.5 Å². The van der Waals surface area contributed by atoms with Gasteiger partial charge in [-0.25, -0.2) is 4.39 Å². The summed E-state index contributed by atoms with van der Waals surface area (Å²) in [6, 6.07) is 13.3. The van der Waals surface area contributed by atoms with Gasteiger partial charge in [0, 0.05) is 18.0 Å². The lowest BCUT2D eigenvalue weighted by Gasteiger charge is -2.15. The van der Waals surface area contributed by atoms with Gasteiger partial charge >= 0.3 is 0 Å². The number of benzene rings is 2. The van der Waals surface area contributed by atoms with Crippen molar-refractivity contribution < 1.29 is 13.9 Å². The van der Waals surface area contributed by atoms with Crippen LogP contribution in [0.25, 0.3) is 0 Å². The number of ether oxygens (including phenoxy) is 1. The lowest BCUT2D eigenvalue weighted by molar-refractivity contribution is -0.119. The number of nitrogens with one attached hydrogen (secondary N) is 1. The van der Waals surface area contributed by atoms with Crippen molar-refractivity contribution in [3.63, 3.8) is 0 Å². The Kier molecular flexibility index (Phi) is 6.17. The summed E-state index contributed by atoms with van der Waals surface area (Å²) in [5.41, 5.74) is 6.18. The predicted molar refractivity (Wildman–Crippen MR) is 94.1 cm³/mol. The van der Waals surface area contributed by atoms with E-state index in [0.717, 1.165) is 12.8 Å². The monoisotopic (exact) mass is 350 g/mol. The summed E-state index contributed by atoms with van der Waals surface area (Å²) in [6.07, 6.45) is 2.27. The number of halogens is 2. The molecule has 0 radical (unpaired) electrons. The average molecular weight is 351 g/mol. The van der Waals surface area contributed by atoms with Crippen molar-refractivity contribution in [2.75, 3.05) is 5.32 Å². The molecular formula is C18H20ClFN2O2. The summed E-state index contributed by atoms with van der Waals surface area (Å²) >= 11 is 0. The van der Waals surface area contributed by atoms with E-state index in [9.17, 15) is 9.18 Å². The third-order valence-corrected chi connectivity index (χ3v) is 4.01. The van der Waals surface area contributed by atoms with Crippen LogP contribution in [0.3, 0.4) is 0 Å². The molecule has 2 aromatic rings. The van der Waals surface area contributed by atoms with Gasteiger partial charge in [0.2, 0.25) is 5.91 Å². The first-order chi connectivity index (χ1) is 11.1. The van der Waals surface area contributed by atoms with Gasteiger partial charge in [-0.15, -0.1) is 12.4 Å². The zero-order valence-electron chi connectivity index (χ0n) is 13.1. The molecule has 1 amide bonds. The maximum Gasteiger partial charge on any atom is 0.227 e. The van der Waals surface area contributed by atoms with E-state index in [4.69, 9.17) is 10.5 Å². The molecule has 2 atom stereocenters. The van der Waals surface area contributed by atoms with Crippen LogP contribution in [0.2, 0.25) is 0 Å². The van der Waals surface area contributed by atoms with Crippen LogP contribution in [0.4, 0.5) is 10.1 Å². The fourth-order valence-electron chi connectivity index (χ4n) is 2.79. The van der Waals surface area contributed by atoms with Crippen molar-refractivity contribution in [1.82, 2.24) is 0 Å². The Labute approximate surface area is 146 Å². The molecule has 0 aliphatic heterocycles. The van der Waals surface area contributed by atoms with E-state index in [2.05, 4.69) is 5.32 Å². The first kappa shape index (κ1) is 18.2. The number of rotatable bonds is 4. The Balaban J connectivity index is 0.00000208. The summed E-state index contributed by atoms with van der Waals surface area (Å²) in [7, 11) is 0. The number of anilines is 1. The largest absolute Gasteiger partial charge is 0.455 e. The zero-order chi connectivity index (χ0) is 16.2. The van der Waals surface area contributed by atoms with Crippen LogP contribution in [0.5, 0.6) is 11.5 Å². The zero-order valence-corrected chi connectivity index (χ0v) is 13.9. The molecule has 0 saturated heterocycles. The van der Waals surface area contributed by atoms with Crippen LogP contribution in [0, 0.1) is 11.7 Å². The Morgan fingerprint density at radius 1 is 1.17 bits per heavy atom. The Morgan fingerprint density at radius 3 is 2.58 bits per heavy atom. The summed E-state index contributed by atoms with van der Waals surface area (Å²) in [5.74, 6) is 0.342. The molecule has 1 aliphatic carbocycles. The molecule has 1 saturated carbocycles. The maximum absolute atomic E-state index is 13.5. The molecule has 6 heteroatoms. The number of hydrogen-bond acceptors (Lipinski definition) is 3. The second kappa shape index (κ2) is 8.13. The molecule has 3 rings (SSSR count). The highest BCUT2D eigenvalue weighted by Gasteiger charge is 2.28. The molecule has 0 bridgehead atoms. The lowest BCUT2D eigenvalue weighted by atomic mass is 10.1. The average Bonchev–Trinajstić information content (AvgIpc) is 2.98. The molecule has 24 heavy (non-hydrogen) atoms. The van der Waals surface area contributed by atoms with E-state index < -0.39 is 5.82 Å². The topological polar surface area (TPSA) is 64.4 Å². The normalized spacial score (nSPS) is 19.4. The number of amides is 1. The Morgan fingerprint density at radius 2 is 1.92 bits per heavy atom.